The molecule has 0 amide bonds. The van der Waals surface area contributed by atoms with Crippen LogP contribution < -0.4 is 5.73 Å². The van der Waals surface area contributed by atoms with Crippen molar-refractivity contribution in [2.24, 2.45) is 5.73 Å². The molecule has 1 aromatic rings. The van der Waals surface area contributed by atoms with Crippen molar-refractivity contribution in [1.82, 2.24) is 0 Å². The molecule has 0 aromatic heterocycles. The van der Waals surface area contributed by atoms with Gasteiger partial charge in [-0.3, -0.25) is 10.1 Å². The number of nitrogens with two attached hydrogens (primary N) is 1. The summed E-state index contributed by atoms with van der Waals surface area (Å²) in [7, 11) is 0. The SMILES string of the molecule is CC(N)C(C)c1cc(Br)ccc1[N+](=O)[O-]. The fourth-order valence-electron chi connectivity index (χ4n) is 1.34. The molecule has 0 saturated heterocycles. The second-order valence-electron chi connectivity index (χ2n) is 3.61. The van der Waals surface area contributed by atoms with Crippen LogP contribution in [-0.2, 0) is 0 Å². The zero-order valence-corrected chi connectivity index (χ0v) is 10.2. The van der Waals surface area contributed by atoms with Crippen LogP contribution >= 0.6 is 15.9 Å². The van der Waals surface area contributed by atoms with Crippen LogP contribution in [0.15, 0.2) is 22.7 Å². The molecule has 0 fully saturated rings. The second kappa shape index (κ2) is 4.72. The van der Waals surface area contributed by atoms with Gasteiger partial charge in [-0.25, -0.2) is 0 Å². The largest absolute Gasteiger partial charge is 0.327 e. The molecule has 2 N–H and O–H groups in total. The molecule has 1 rings (SSSR count). The van der Waals surface area contributed by atoms with Crippen LogP contribution in [0.3, 0.4) is 0 Å². The van der Waals surface area contributed by atoms with Gasteiger partial charge in [-0.2, -0.15) is 0 Å². The lowest BCUT2D eigenvalue weighted by Crippen LogP contribution is -2.23. The van der Waals surface area contributed by atoms with E-state index in [1.165, 1.54) is 6.07 Å². The maximum Gasteiger partial charge on any atom is 0.272 e. The average molecular weight is 273 g/mol. The maximum atomic E-state index is 10.8. The third-order valence-electron chi connectivity index (χ3n) is 2.47. The number of nitrogens with zero attached hydrogens (tertiary/aromatic N) is 1. The van der Waals surface area contributed by atoms with Crippen molar-refractivity contribution in [1.29, 1.82) is 0 Å². The van der Waals surface area contributed by atoms with E-state index in [-0.39, 0.29) is 22.6 Å². The van der Waals surface area contributed by atoms with E-state index >= 15 is 0 Å². The molecule has 0 saturated carbocycles. The molecule has 82 valence electrons. The number of hydrogen-bond acceptors (Lipinski definition) is 3. The van der Waals surface area contributed by atoms with E-state index in [9.17, 15) is 10.1 Å². The topological polar surface area (TPSA) is 69.2 Å². The van der Waals surface area contributed by atoms with Crippen LogP contribution in [0, 0.1) is 10.1 Å². The van der Waals surface area contributed by atoms with Gasteiger partial charge in [0.15, 0.2) is 0 Å². The molecule has 0 aliphatic rings. The van der Waals surface area contributed by atoms with E-state index < -0.39 is 0 Å². The quantitative estimate of drug-likeness (QED) is 0.680. The first-order valence-electron chi connectivity index (χ1n) is 4.63. The summed E-state index contributed by atoms with van der Waals surface area (Å²) in [5.41, 5.74) is 6.55. The molecular formula is C10H13BrN2O2. The van der Waals surface area contributed by atoms with E-state index in [0.717, 1.165) is 4.47 Å². The predicted octanol–water partition coefficient (Wildman–Crippen LogP) is 2.81. The Hall–Kier alpha value is -0.940. The number of halogens is 1. The van der Waals surface area contributed by atoms with E-state index in [1.807, 2.05) is 13.8 Å². The van der Waals surface area contributed by atoms with Crippen LogP contribution in [0.5, 0.6) is 0 Å². The second-order valence-corrected chi connectivity index (χ2v) is 4.52. The first kappa shape index (κ1) is 12.1. The Labute approximate surface area is 96.8 Å². The Morgan fingerprint density at radius 3 is 2.53 bits per heavy atom. The first-order chi connectivity index (χ1) is 6.93. The smallest absolute Gasteiger partial charge is 0.272 e. The molecule has 0 bridgehead atoms. The summed E-state index contributed by atoms with van der Waals surface area (Å²) in [6.45, 7) is 3.73. The first-order valence-corrected chi connectivity index (χ1v) is 5.42. The fourth-order valence-corrected chi connectivity index (χ4v) is 1.72. The standard InChI is InChI=1S/C10H13BrN2O2/c1-6(7(2)12)9-5-8(11)3-4-10(9)13(14)15/h3-7H,12H2,1-2H3. The van der Waals surface area contributed by atoms with Gasteiger partial charge in [0.1, 0.15) is 0 Å². The van der Waals surface area contributed by atoms with Gasteiger partial charge in [0, 0.05) is 28.1 Å². The third-order valence-corrected chi connectivity index (χ3v) is 2.96. The molecule has 2 unspecified atom stereocenters. The highest BCUT2D eigenvalue weighted by Crippen LogP contribution is 2.30. The molecule has 0 spiro atoms. The molecule has 5 heteroatoms. The van der Waals surface area contributed by atoms with Crippen LogP contribution in [0.2, 0.25) is 0 Å². The van der Waals surface area contributed by atoms with Gasteiger partial charge in [-0.15, -0.1) is 0 Å². The summed E-state index contributed by atoms with van der Waals surface area (Å²) < 4.78 is 0.829. The molecule has 0 radical (unpaired) electrons. The highest BCUT2D eigenvalue weighted by molar-refractivity contribution is 9.10. The molecule has 2 atom stereocenters. The molecule has 15 heavy (non-hydrogen) atoms. The molecule has 4 nitrogen and oxygen atoms in total. The van der Waals surface area contributed by atoms with Crippen molar-refractivity contribution in [3.63, 3.8) is 0 Å². The number of benzene rings is 1. The lowest BCUT2D eigenvalue weighted by atomic mass is 9.94. The highest BCUT2D eigenvalue weighted by atomic mass is 79.9. The number of nitro benzene ring substituents is 1. The van der Waals surface area contributed by atoms with Crippen LogP contribution in [0.4, 0.5) is 5.69 Å². The lowest BCUT2D eigenvalue weighted by Gasteiger charge is -2.16. The van der Waals surface area contributed by atoms with Gasteiger partial charge < -0.3 is 5.73 Å². The Morgan fingerprint density at radius 1 is 1.47 bits per heavy atom. The van der Waals surface area contributed by atoms with Gasteiger partial charge >= 0.3 is 0 Å². The van der Waals surface area contributed by atoms with Crippen molar-refractivity contribution in [3.05, 3.63) is 38.3 Å². The van der Waals surface area contributed by atoms with E-state index in [2.05, 4.69) is 15.9 Å². The summed E-state index contributed by atoms with van der Waals surface area (Å²) in [6.07, 6.45) is 0. The zero-order valence-electron chi connectivity index (χ0n) is 8.61. The van der Waals surface area contributed by atoms with Gasteiger partial charge in [0.2, 0.25) is 0 Å². The van der Waals surface area contributed by atoms with Gasteiger partial charge in [0.25, 0.3) is 5.69 Å². The van der Waals surface area contributed by atoms with Crippen LogP contribution in [-0.4, -0.2) is 11.0 Å². The van der Waals surface area contributed by atoms with Gasteiger partial charge in [0.05, 0.1) is 4.92 Å². The number of nitro groups is 1. The van der Waals surface area contributed by atoms with E-state index in [4.69, 9.17) is 5.73 Å². The lowest BCUT2D eigenvalue weighted by molar-refractivity contribution is -0.385. The molecule has 0 aliphatic carbocycles. The Bertz CT molecular complexity index is 380. The predicted molar refractivity (Wildman–Crippen MR) is 62.9 cm³/mol. The van der Waals surface area contributed by atoms with Crippen molar-refractivity contribution in [2.75, 3.05) is 0 Å². The summed E-state index contributed by atoms with van der Waals surface area (Å²) in [5, 5.41) is 10.8. The Balaban J connectivity index is 3.24. The molecular weight excluding hydrogens is 260 g/mol. The van der Waals surface area contributed by atoms with Crippen molar-refractivity contribution < 1.29 is 4.92 Å². The molecule has 0 aliphatic heterocycles. The van der Waals surface area contributed by atoms with Gasteiger partial charge in [-0.1, -0.05) is 22.9 Å². The number of rotatable bonds is 3. The maximum absolute atomic E-state index is 10.8. The summed E-state index contributed by atoms with van der Waals surface area (Å²) in [6, 6.07) is 4.80. The van der Waals surface area contributed by atoms with Crippen molar-refractivity contribution in [2.45, 2.75) is 25.8 Å². The van der Waals surface area contributed by atoms with E-state index in [0.29, 0.717) is 5.56 Å². The highest BCUT2D eigenvalue weighted by Gasteiger charge is 2.21. The van der Waals surface area contributed by atoms with Gasteiger partial charge in [-0.05, 0) is 19.1 Å². The molecule has 1 aromatic carbocycles. The average Bonchev–Trinajstić information content (AvgIpc) is 2.15. The fraction of sp³-hybridized carbons (Fsp3) is 0.400. The monoisotopic (exact) mass is 272 g/mol. The van der Waals surface area contributed by atoms with Crippen molar-refractivity contribution in [3.8, 4) is 0 Å². The minimum atomic E-state index is -0.374. The number of hydrogen-bond donors (Lipinski definition) is 1. The Morgan fingerprint density at radius 2 is 2.07 bits per heavy atom. The zero-order chi connectivity index (χ0) is 11.6. The third kappa shape index (κ3) is 2.76. The minimum Gasteiger partial charge on any atom is -0.327 e. The summed E-state index contributed by atoms with van der Waals surface area (Å²) in [5.74, 6) is -0.0390. The normalized spacial score (nSPS) is 14.7. The van der Waals surface area contributed by atoms with Crippen LogP contribution in [0.25, 0.3) is 0 Å². The Kier molecular flexibility index (Phi) is 3.82. The molecule has 0 heterocycles. The summed E-state index contributed by atoms with van der Waals surface area (Å²) in [4.78, 5) is 10.4. The van der Waals surface area contributed by atoms with Crippen LogP contribution in [0.1, 0.15) is 25.3 Å². The summed E-state index contributed by atoms with van der Waals surface area (Å²) >= 11 is 3.30. The minimum absolute atomic E-state index is 0.0390. The van der Waals surface area contributed by atoms with Crippen molar-refractivity contribution >= 4 is 21.6 Å². The van der Waals surface area contributed by atoms with E-state index in [1.54, 1.807) is 12.1 Å².